The number of anilines is 1. The molecule has 1 aliphatic carbocycles. The topological polar surface area (TPSA) is 49.3 Å². The van der Waals surface area contributed by atoms with Gasteiger partial charge in [0.05, 0.1) is 10.7 Å². The predicted octanol–water partition coefficient (Wildman–Crippen LogP) is 3.56. The first-order chi connectivity index (χ1) is 8.01. The smallest absolute Gasteiger partial charge is 0.230 e. The lowest BCUT2D eigenvalue weighted by Crippen LogP contribution is -2.30. The molecule has 2 rings (SSSR count). The fraction of sp³-hybridized carbons (Fsp3) is 0.462. The van der Waals surface area contributed by atoms with E-state index >= 15 is 0 Å². The first-order valence-corrected chi connectivity index (χ1v) is 6.19. The Kier molecular flexibility index (Phi) is 3.29. The Balaban J connectivity index is 2.13. The van der Waals surface area contributed by atoms with E-state index in [9.17, 15) is 9.90 Å². The predicted molar refractivity (Wildman–Crippen MR) is 68.3 cm³/mol. The first kappa shape index (κ1) is 12.2. The maximum atomic E-state index is 12.1. The van der Waals surface area contributed by atoms with Crippen LogP contribution in [0.1, 0.15) is 32.6 Å². The molecule has 0 bridgehead atoms. The van der Waals surface area contributed by atoms with Gasteiger partial charge in [0.15, 0.2) is 0 Å². The molecular formula is C13H16ClNO2. The van der Waals surface area contributed by atoms with Gasteiger partial charge in [-0.15, -0.1) is 0 Å². The summed E-state index contributed by atoms with van der Waals surface area (Å²) in [5.41, 5.74) is 0.281. The maximum absolute atomic E-state index is 12.1. The molecule has 1 aliphatic rings. The number of rotatable bonds is 2. The zero-order valence-electron chi connectivity index (χ0n) is 9.79. The van der Waals surface area contributed by atoms with Crippen molar-refractivity contribution in [2.75, 3.05) is 5.32 Å². The molecule has 1 aromatic carbocycles. The number of nitrogens with one attached hydrogen (secondary N) is 1. The molecule has 0 saturated heterocycles. The highest BCUT2D eigenvalue weighted by molar-refractivity contribution is 6.33. The Morgan fingerprint density at radius 2 is 2.06 bits per heavy atom. The number of benzene rings is 1. The van der Waals surface area contributed by atoms with E-state index in [4.69, 9.17) is 11.6 Å². The summed E-state index contributed by atoms with van der Waals surface area (Å²) < 4.78 is 0. The van der Waals surface area contributed by atoms with Crippen molar-refractivity contribution in [3.63, 3.8) is 0 Å². The van der Waals surface area contributed by atoms with Gasteiger partial charge in [0.1, 0.15) is 5.75 Å². The Morgan fingerprint density at radius 3 is 2.65 bits per heavy atom. The van der Waals surface area contributed by atoms with E-state index in [1.54, 1.807) is 6.07 Å². The first-order valence-electron chi connectivity index (χ1n) is 5.81. The van der Waals surface area contributed by atoms with Crippen molar-refractivity contribution in [2.24, 2.45) is 5.41 Å². The van der Waals surface area contributed by atoms with Crippen molar-refractivity contribution in [1.29, 1.82) is 0 Å². The van der Waals surface area contributed by atoms with Crippen LogP contribution in [0.4, 0.5) is 5.69 Å². The minimum atomic E-state index is -0.277. The Bertz CT molecular complexity index is 439. The molecule has 3 nitrogen and oxygen atoms in total. The molecule has 4 heteroatoms. The number of amides is 1. The van der Waals surface area contributed by atoms with Crippen LogP contribution in [0.5, 0.6) is 5.75 Å². The van der Waals surface area contributed by atoms with Crippen molar-refractivity contribution in [2.45, 2.75) is 32.6 Å². The molecule has 0 radical (unpaired) electrons. The van der Waals surface area contributed by atoms with Crippen LogP contribution in [0.2, 0.25) is 5.02 Å². The summed E-state index contributed by atoms with van der Waals surface area (Å²) in [6.07, 6.45) is 4.06. The second-order valence-corrected chi connectivity index (χ2v) is 5.29. The van der Waals surface area contributed by atoms with Crippen LogP contribution in [0.25, 0.3) is 0 Å². The highest BCUT2D eigenvalue weighted by atomic mass is 35.5. The fourth-order valence-corrected chi connectivity index (χ4v) is 2.48. The van der Waals surface area contributed by atoms with E-state index in [0.29, 0.717) is 10.7 Å². The highest BCUT2D eigenvalue weighted by Crippen LogP contribution is 2.39. The standard InChI is InChI=1S/C13H16ClNO2/c1-13(6-2-3-7-13)12(17)15-11-5-4-9(16)8-10(11)14/h4-5,8,16H,2-3,6-7H2,1H3,(H,15,17). The summed E-state index contributed by atoms with van der Waals surface area (Å²) in [5, 5.41) is 12.4. The summed E-state index contributed by atoms with van der Waals surface area (Å²) in [7, 11) is 0. The van der Waals surface area contributed by atoms with Crippen molar-refractivity contribution in [1.82, 2.24) is 0 Å². The maximum Gasteiger partial charge on any atom is 0.230 e. The molecule has 0 spiro atoms. The third-order valence-corrected chi connectivity index (χ3v) is 3.77. The number of hydrogen-bond acceptors (Lipinski definition) is 2. The monoisotopic (exact) mass is 253 g/mol. The van der Waals surface area contributed by atoms with Gasteiger partial charge in [0, 0.05) is 11.5 Å². The molecule has 0 aliphatic heterocycles. The molecule has 17 heavy (non-hydrogen) atoms. The van der Waals surface area contributed by atoms with Crippen LogP contribution >= 0.6 is 11.6 Å². The van der Waals surface area contributed by atoms with E-state index < -0.39 is 0 Å². The number of phenolic OH excluding ortho intramolecular Hbond substituents is 1. The minimum absolute atomic E-state index is 0.0163. The molecule has 92 valence electrons. The summed E-state index contributed by atoms with van der Waals surface area (Å²) in [4.78, 5) is 12.1. The van der Waals surface area contributed by atoms with Crippen LogP contribution in [0.3, 0.4) is 0 Å². The van der Waals surface area contributed by atoms with E-state index in [0.717, 1.165) is 25.7 Å². The second kappa shape index (κ2) is 4.57. The lowest BCUT2D eigenvalue weighted by molar-refractivity contribution is -0.124. The quantitative estimate of drug-likeness (QED) is 0.792. The number of carbonyl (C=O) groups is 1. The third-order valence-electron chi connectivity index (χ3n) is 3.46. The van der Waals surface area contributed by atoms with Gasteiger partial charge in [0.25, 0.3) is 0 Å². The zero-order chi connectivity index (χ0) is 12.5. The normalized spacial score (nSPS) is 18.0. The Morgan fingerprint density at radius 1 is 1.41 bits per heavy atom. The van der Waals surface area contributed by atoms with Crippen molar-refractivity contribution in [3.05, 3.63) is 23.2 Å². The summed E-state index contributed by atoms with van der Waals surface area (Å²) in [6, 6.07) is 4.56. The van der Waals surface area contributed by atoms with E-state index in [-0.39, 0.29) is 17.1 Å². The molecule has 1 amide bonds. The fourth-order valence-electron chi connectivity index (χ4n) is 2.26. The van der Waals surface area contributed by atoms with Gasteiger partial charge in [-0.05, 0) is 25.0 Å². The third kappa shape index (κ3) is 2.55. The van der Waals surface area contributed by atoms with Crippen molar-refractivity contribution < 1.29 is 9.90 Å². The molecule has 0 aromatic heterocycles. The number of aromatic hydroxyl groups is 1. The van der Waals surface area contributed by atoms with Gasteiger partial charge in [-0.1, -0.05) is 31.4 Å². The Labute approximate surface area is 106 Å². The number of phenols is 1. The lowest BCUT2D eigenvalue weighted by atomic mass is 9.88. The Hall–Kier alpha value is -1.22. The van der Waals surface area contributed by atoms with Gasteiger partial charge in [-0.25, -0.2) is 0 Å². The average molecular weight is 254 g/mol. The van der Waals surface area contributed by atoms with E-state index in [2.05, 4.69) is 5.32 Å². The number of carbonyl (C=O) groups excluding carboxylic acids is 1. The molecule has 0 unspecified atom stereocenters. The van der Waals surface area contributed by atoms with Crippen LogP contribution in [-0.2, 0) is 4.79 Å². The van der Waals surface area contributed by atoms with Gasteiger partial charge in [-0.2, -0.15) is 0 Å². The molecule has 0 heterocycles. The van der Waals surface area contributed by atoms with E-state index in [1.807, 2.05) is 6.92 Å². The van der Waals surface area contributed by atoms with Crippen molar-refractivity contribution >= 4 is 23.2 Å². The molecule has 0 atom stereocenters. The molecule has 2 N–H and O–H groups in total. The SMILES string of the molecule is CC1(C(=O)Nc2ccc(O)cc2Cl)CCCC1. The largest absolute Gasteiger partial charge is 0.508 e. The minimum Gasteiger partial charge on any atom is -0.508 e. The lowest BCUT2D eigenvalue weighted by Gasteiger charge is -2.22. The highest BCUT2D eigenvalue weighted by Gasteiger charge is 2.36. The summed E-state index contributed by atoms with van der Waals surface area (Å²) in [6.45, 7) is 1.99. The average Bonchev–Trinajstić information content (AvgIpc) is 2.71. The number of hydrogen-bond donors (Lipinski definition) is 2. The second-order valence-electron chi connectivity index (χ2n) is 4.89. The van der Waals surface area contributed by atoms with Gasteiger partial charge in [0.2, 0.25) is 5.91 Å². The molecule has 1 aromatic rings. The van der Waals surface area contributed by atoms with Gasteiger partial charge >= 0.3 is 0 Å². The van der Waals surface area contributed by atoms with Crippen LogP contribution in [-0.4, -0.2) is 11.0 Å². The number of halogens is 1. The van der Waals surface area contributed by atoms with Crippen LogP contribution in [0, 0.1) is 5.41 Å². The summed E-state index contributed by atoms with van der Waals surface area (Å²) >= 11 is 5.95. The van der Waals surface area contributed by atoms with Gasteiger partial charge < -0.3 is 10.4 Å². The van der Waals surface area contributed by atoms with E-state index in [1.165, 1.54) is 12.1 Å². The summed E-state index contributed by atoms with van der Waals surface area (Å²) in [5.74, 6) is 0.114. The molecular weight excluding hydrogens is 238 g/mol. The van der Waals surface area contributed by atoms with Crippen LogP contribution in [0.15, 0.2) is 18.2 Å². The molecule has 1 fully saturated rings. The molecule has 1 saturated carbocycles. The van der Waals surface area contributed by atoms with Crippen LogP contribution < -0.4 is 5.32 Å². The zero-order valence-corrected chi connectivity index (χ0v) is 10.5. The van der Waals surface area contributed by atoms with Gasteiger partial charge in [-0.3, -0.25) is 4.79 Å². The van der Waals surface area contributed by atoms with Crippen molar-refractivity contribution in [3.8, 4) is 5.75 Å².